The van der Waals surface area contributed by atoms with Crippen LogP contribution in [0.2, 0.25) is 0 Å². The first-order valence-electron chi connectivity index (χ1n) is 4.11. The van der Waals surface area contributed by atoms with Crippen LogP contribution in [-0.4, -0.2) is 16.1 Å². The van der Waals surface area contributed by atoms with Gasteiger partial charge in [-0.15, -0.1) is 0 Å². The molecule has 1 aromatic heterocycles. The standard InChI is InChI=1S/C9H11FN2O2/c1-5-6(2-3-8(10)12-5)7(11)4-9(13)14/h2-3,7H,4,11H2,1H3,(H,13,14). The van der Waals surface area contributed by atoms with Gasteiger partial charge in [-0.2, -0.15) is 4.39 Å². The highest BCUT2D eigenvalue weighted by molar-refractivity contribution is 5.67. The molecule has 1 heterocycles. The van der Waals surface area contributed by atoms with Crippen molar-refractivity contribution in [3.05, 3.63) is 29.3 Å². The van der Waals surface area contributed by atoms with Gasteiger partial charge in [0.25, 0.3) is 0 Å². The normalized spacial score (nSPS) is 12.5. The number of carbonyl (C=O) groups is 1. The van der Waals surface area contributed by atoms with Crippen molar-refractivity contribution in [3.8, 4) is 0 Å². The van der Waals surface area contributed by atoms with Gasteiger partial charge in [0, 0.05) is 11.7 Å². The van der Waals surface area contributed by atoms with E-state index < -0.39 is 18.0 Å². The van der Waals surface area contributed by atoms with Gasteiger partial charge in [-0.05, 0) is 18.6 Å². The van der Waals surface area contributed by atoms with Crippen LogP contribution in [0, 0.1) is 12.9 Å². The van der Waals surface area contributed by atoms with Gasteiger partial charge in [-0.25, -0.2) is 4.98 Å². The first kappa shape index (κ1) is 10.6. The lowest BCUT2D eigenvalue weighted by molar-refractivity contribution is -0.137. The van der Waals surface area contributed by atoms with Crippen molar-refractivity contribution in [2.24, 2.45) is 5.73 Å². The number of hydrogen-bond acceptors (Lipinski definition) is 3. The molecule has 3 N–H and O–H groups in total. The Kier molecular flexibility index (Phi) is 3.14. The molecule has 0 fully saturated rings. The van der Waals surface area contributed by atoms with E-state index in [-0.39, 0.29) is 6.42 Å². The van der Waals surface area contributed by atoms with Crippen molar-refractivity contribution in [2.75, 3.05) is 0 Å². The van der Waals surface area contributed by atoms with E-state index in [2.05, 4.69) is 4.98 Å². The summed E-state index contributed by atoms with van der Waals surface area (Å²) in [5, 5.41) is 8.52. The fraction of sp³-hybridized carbons (Fsp3) is 0.333. The van der Waals surface area contributed by atoms with Crippen LogP contribution in [-0.2, 0) is 4.79 Å². The number of hydrogen-bond donors (Lipinski definition) is 2. The van der Waals surface area contributed by atoms with Crippen molar-refractivity contribution in [2.45, 2.75) is 19.4 Å². The number of halogens is 1. The van der Waals surface area contributed by atoms with Gasteiger partial charge < -0.3 is 10.8 Å². The molecule has 0 saturated heterocycles. The topological polar surface area (TPSA) is 76.2 Å². The Labute approximate surface area is 80.6 Å². The number of aromatic nitrogens is 1. The molecule has 0 spiro atoms. The average Bonchev–Trinajstić information content (AvgIpc) is 2.01. The molecule has 0 amide bonds. The minimum absolute atomic E-state index is 0.186. The molecule has 1 atom stereocenters. The monoisotopic (exact) mass is 198 g/mol. The Morgan fingerprint density at radius 2 is 2.36 bits per heavy atom. The summed E-state index contributed by atoms with van der Waals surface area (Å²) < 4.78 is 12.6. The summed E-state index contributed by atoms with van der Waals surface area (Å²) in [6.45, 7) is 1.60. The molecule has 0 radical (unpaired) electrons. The molecule has 76 valence electrons. The van der Waals surface area contributed by atoms with Crippen molar-refractivity contribution in [1.29, 1.82) is 0 Å². The highest BCUT2D eigenvalue weighted by Gasteiger charge is 2.13. The van der Waals surface area contributed by atoms with Crippen molar-refractivity contribution < 1.29 is 14.3 Å². The van der Waals surface area contributed by atoms with Crippen LogP contribution in [0.5, 0.6) is 0 Å². The third kappa shape index (κ3) is 2.50. The lowest BCUT2D eigenvalue weighted by Crippen LogP contribution is -2.16. The van der Waals surface area contributed by atoms with E-state index in [0.29, 0.717) is 11.3 Å². The quantitative estimate of drug-likeness (QED) is 0.710. The predicted octanol–water partition coefficient (Wildman–Crippen LogP) is 1.00. The molecule has 1 rings (SSSR count). The van der Waals surface area contributed by atoms with Crippen LogP contribution >= 0.6 is 0 Å². The van der Waals surface area contributed by atoms with Gasteiger partial charge in [0.1, 0.15) is 0 Å². The summed E-state index contributed by atoms with van der Waals surface area (Å²) >= 11 is 0. The van der Waals surface area contributed by atoms with Crippen molar-refractivity contribution in [1.82, 2.24) is 4.98 Å². The molecule has 14 heavy (non-hydrogen) atoms. The Balaban J connectivity index is 2.90. The molecule has 0 aromatic carbocycles. The van der Waals surface area contributed by atoms with Crippen LogP contribution in [0.3, 0.4) is 0 Å². The van der Waals surface area contributed by atoms with Crippen LogP contribution < -0.4 is 5.73 Å². The van der Waals surface area contributed by atoms with Gasteiger partial charge in [0.2, 0.25) is 5.95 Å². The zero-order valence-corrected chi connectivity index (χ0v) is 7.70. The zero-order chi connectivity index (χ0) is 10.7. The Bertz CT molecular complexity index is 355. The van der Waals surface area contributed by atoms with Gasteiger partial charge in [-0.1, -0.05) is 6.07 Å². The SMILES string of the molecule is Cc1nc(F)ccc1C(N)CC(=O)O. The fourth-order valence-electron chi connectivity index (χ4n) is 1.23. The molecule has 0 aliphatic rings. The largest absolute Gasteiger partial charge is 0.481 e. The third-order valence-electron chi connectivity index (χ3n) is 1.89. The van der Waals surface area contributed by atoms with Crippen LogP contribution in [0.1, 0.15) is 23.7 Å². The van der Waals surface area contributed by atoms with E-state index in [0.717, 1.165) is 0 Å². The Hall–Kier alpha value is -1.49. The number of rotatable bonds is 3. The van der Waals surface area contributed by atoms with E-state index in [1.165, 1.54) is 12.1 Å². The van der Waals surface area contributed by atoms with E-state index >= 15 is 0 Å². The number of nitrogens with two attached hydrogens (primary N) is 1. The minimum atomic E-state index is -0.985. The lowest BCUT2D eigenvalue weighted by atomic mass is 10.0. The average molecular weight is 198 g/mol. The Morgan fingerprint density at radius 3 is 2.86 bits per heavy atom. The maximum Gasteiger partial charge on any atom is 0.305 e. The number of aryl methyl sites for hydroxylation is 1. The highest BCUT2D eigenvalue weighted by atomic mass is 19.1. The number of carboxylic acid groups (broad SMARTS) is 1. The second-order valence-electron chi connectivity index (χ2n) is 3.01. The third-order valence-corrected chi connectivity index (χ3v) is 1.89. The highest BCUT2D eigenvalue weighted by Crippen LogP contribution is 2.16. The van der Waals surface area contributed by atoms with E-state index in [1.54, 1.807) is 6.92 Å². The second-order valence-corrected chi connectivity index (χ2v) is 3.01. The summed E-state index contributed by atoms with van der Waals surface area (Å²) in [6, 6.07) is 2.00. The molecular weight excluding hydrogens is 187 g/mol. The molecule has 0 bridgehead atoms. The van der Waals surface area contributed by atoms with Gasteiger partial charge in [0.05, 0.1) is 6.42 Å². The van der Waals surface area contributed by atoms with E-state index in [4.69, 9.17) is 10.8 Å². The van der Waals surface area contributed by atoms with Crippen molar-refractivity contribution >= 4 is 5.97 Å². The number of pyridine rings is 1. The maximum absolute atomic E-state index is 12.6. The molecule has 4 nitrogen and oxygen atoms in total. The molecule has 1 unspecified atom stereocenters. The van der Waals surface area contributed by atoms with Gasteiger partial charge >= 0.3 is 5.97 Å². The summed E-state index contributed by atoms with van der Waals surface area (Å²) in [7, 11) is 0. The van der Waals surface area contributed by atoms with Crippen LogP contribution in [0.4, 0.5) is 4.39 Å². The summed E-state index contributed by atoms with van der Waals surface area (Å²) in [4.78, 5) is 13.9. The van der Waals surface area contributed by atoms with Crippen LogP contribution in [0.15, 0.2) is 12.1 Å². The molecule has 5 heteroatoms. The first-order chi connectivity index (χ1) is 6.50. The maximum atomic E-state index is 12.6. The molecule has 1 aromatic rings. The van der Waals surface area contributed by atoms with E-state index in [1.807, 2.05) is 0 Å². The number of nitrogens with zero attached hydrogens (tertiary/aromatic N) is 1. The minimum Gasteiger partial charge on any atom is -0.481 e. The molecular formula is C9H11FN2O2. The molecule has 0 saturated carbocycles. The summed E-state index contributed by atoms with van der Waals surface area (Å²) in [6.07, 6.45) is -0.186. The Morgan fingerprint density at radius 1 is 1.71 bits per heavy atom. The lowest BCUT2D eigenvalue weighted by Gasteiger charge is -2.11. The summed E-state index contributed by atoms with van der Waals surface area (Å²) in [5.41, 5.74) is 6.60. The molecule has 0 aliphatic carbocycles. The van der Waals surface area contributed by atoms with Gasteiger partial charge in [0.15, 0.2) is 0 Å². The zero-order valence-electron chi connectivity index (χ0n) is 7.70. The van der Waals surface area contributed by atoms with Crippen LogP contribution in [0.25, 0.3) is 0 Å². The molecule has 0 aliphatic heterocycles. The van der Waals surface area contributed by atoms with Crippen molar-refractivity contribution in [3.63, 3.8) is 0 Å². The summed E-state index contributed by atoms with van der Waals surface area (Å²) in [5.74, 6) is -1.57. The smallest absolute Gasteiger partial charge is 0.305 e. The van der Waals surface area contributed by atoms with E-state index in [9.17, 15) is 9.18 Å². The first-order valence-corrected chi connectivity index (χ1v) is 4.11. The number of aliphatic carboxylic acids is 1. The number of carboxylic acids is 1. The predicted molar refractivity (Wildman–Crippen MR) is 48.1 cm³/mol. The van der Waals surface area contributed by atoms with Gasteiger partial charge in [-0.3, -0.25) is 4.79 Å². The fourth-order valence-corrected chi connectivity index (χ4v) is 1.23. The second kappa shape index (κ2) is 4.15.